The lowest BCUT2D eigenvalue weighted by molar-refractivity contribution is -0.0778. The summed E-state index contributed by atoms with van der Waals surface area (Å²) in [6.07, 6.45) is 2.71. The van der Waals surface area contributed by atoms with Crippen LogP contribution < -0.4 is 0 Å². The molecule has 1 fully saturated rings. The molecule has 0 radical (unpaired) electrons. The molecule has 1 heterocycles. The molecular formula is C17H27NO. The molecule has 2 nitrogen and oxygen atoms in total. The first kappa shape index (κ1) is 14.5. The number of aryl methyl sites for hydroxylation is 1. The monoisotopic (exact) mass is 261 g/mol. The van der Waals surface area contributed by atoms with Crippen LogP contribution in [0.25, 0.3) is 0 Å². The van der Waals surface area contributed by atoms with Crippen LogP contribution in [0, 0.1) is 5.92 Å². The maximum Gasteiger partial charge on any atom is 0.0740 e. The van der Waals surface area contributed by atoms with Gasteiger partial charge in [-0.05, 0) is 43.9 Å². The Kier molecular flexibility index (Phi) is 4.32. The summed E-state index contributed by atoms with van der Waals surface area (Å²) in [5.41, 5.74) is 2.06. The average molecular weight is 261 g/mol. The van der Waals surface area contributed by atoms with Crippen LogP contribution in [0.2, 0.25) is 0 Å². The quantitative estimate of drug-likeness (QED) is 0.904. The van der Waals surface area contributed by atoms with E-state index in [9.17, 15) is 5.11 Å². The van der Waals surface area contributed by atoms with Crippen molar-refractivity contribution < 1.29 is 5.11 Å². The predicted octanol–water partition coefficient (Wildman–Crippen LogP) is 2.88. The van der Waals surface area contributed by atoms with E-state index in [0.29, 0.717) is 12.0 Å². The van der Waals surface area contributed by atoms with Gasteiger partial charge in [0, 0.05) is 19.0 Å². The van der Waals surface area contributed by atoms with Gasteiger partial charge in [-0.3, -0.25) is 0 Å². The topological polar surface area (TPSA) is 23.5 Å². The normalized spacial score (nSPS) is 32.5. The van der Waals surface area contributed by atoms with Gasteiger partial charge in [0.05, 0.1) is 5.60 Å². The van der Waals surface area contributed by atoms with Gasteiger partial charge in [-0.2, -0.15) is 0 Å². The van der Waals surface area contributed by atoms with Gasteiger partial charge < -0.3 is 10.0 Å². The van der Waals surface area contributed by atoms with Gasteiger partial charge >= 0.3 is 0 Å². The largest absolute Gasteiger partial charge is 0.389 e. The molecule has 106 valence electrons. The standard InChI is InChI=1S/C17H27NO/c1-5-15-6-8-16(9-7-15)11-17(19)10-14(3)18(4)12-13(17)2/h6-9,13-14,19H,5,10-12H2,1-4H3. The van der Waals surface area contributed by atoms with E-state index in [4.69, 9.17) is 0 Å². The van der Waals surface area contributed by atoms with Crippen LogP contribution in [0.15, 0.2) is 24.3 Å². The zero-order chi connectivity index (χ0) is 14.0. The molecule has 0 saturated carbocycles. The fraction of sp³-hybridized carbons (Fsp3) is 0.647. The van der Waals surface area contributed by atoms with Crippen molar-refractivity contribution in [2.45, 2.75) is 51.7 Å². The van der Waals surface area contributed by atoms with E-state index in [-0.39, 0.29) is 0 Å². The van der Waals surface area contributed by atoms with E-state index in [2.05, 4.69) is 57.0 Å². The Morgan fingerprint density at radius 3 is 2.37 bits per heavy atom. The predicted molar refractivity (Wildman–Crippen MR) is 80.3 cm³/mol. The Labute approximate surface area is 117 Å². The van der Waals surface area contributed by atoms with Gasteiger partial charge in [0.1, 0.15) is 0 Å². The number of hydrogen-bond acceptors (Lipinski definition) is 2. The first-order chi connectivity index (χ1) is 8.94. The van der Waals surface area contributed by atoms with Crippen molar-refractivity contribution in [2.24, 2.45) is 5.92 Å². The fourth-order valence-electron chi connectivity index (χ4n) is 3.14. The minimum absolute atomic E-state index is 0.319. The summed E-state index contributed by atoms with van der Waals surface area (Å²) >= 11 is 0. The second kappa shape index (κ2) is 5.64. The van der Waals surface area contributed by atoms with Crippen molar-refractivity contribution in [3.05, 3.63) is 35.4 Å². The lowest BCUT2D eigenvalue weighted by Crippen LogP contribution is -2.54. The molecule has 2 heteroatoms. The van der Waals surface area contributed by atoms with Crippen LogP contribution in [0.4, 0.5) is 0 Å². The van der Waals surface area contributed by atoms with E-state index in [1.165, 1.54) is 11.1 Å². The number of hydrogen-bond donors (Lipinski definition) is 1. The zero-order valence-electron chi connectivity index (χ0n) is 12.7. The molecule has 2 rings (SSSR count). The first-order valence-electron chi connectivity index (χ1n) is 7.45. The maximum absolute atomic E-state index is 11.0. The van der Waals surface area contributed by atoms with Crippen molar-refractivity contribution in [1.29, 1.82) is 0 Å². The Balaban J connectivity index is 2.11. The Morgan fingerprint density at radius 2 is 1.79 bits per heavy atom. The number of benzene rings is 1. The summed E-state index contributed by atoms with van der Waals surface area (Å²) in [4.78, 5) is 2.35. The fourth-order valence-corrected chi connectivity index (χ4v) is 3.14. The smallest absolute Gasteiger partial charge is 0.0740 e. The van der Waals surface area contributed by atoms with Crippen LogP contribution >= 0.6 is 0 Å². The number of likely N-dealkylation sites (tertiary alicyclic amines) is 1. The Hall–Kier alpha value is -0.860. The highest BCUT2D eigenvalue weighted by atomic mass is 16.3. The van der Waals surface area contributed by atoms with Gasteiger partial charge in [-0.25, -0.2) is 0 Å². The molecule has 3 unspecified atom stereocenters. The van der Waals surface area contributed by atoms with Crippen LogP contribution in [0.5, 0.6) is 0 Å². The summed E-state index contributed by atoms with van der Waals surface area (Å²) in [6.45, 7) is 7.52. The highest BCUT2D eigenvalue weighted by Crippen LogP contribution is 2.33. The van der Waals surface area contributed by atoms with E-state index in [0.717, 1.165) is 25.8 Å². The first-order valence-corrected chi connectivity index (χ1v) is 7.45. The van der Waals surface area contributed by atoms with Crippen LogP contribution in [0.3, 0.4) is 0 Å². The molecule has 1 saturated heterocycles. The number of aliphatic hydroxyl groups is 1. The van der Waals surface area contributed by atoms with Gasteiger partial charge in [0.25, 0.3) is 0 Å². The summed E-state index contributed by atoms with van der Waals surface area (Å²) in [5, 5.41) is 11.0. The van der Waals surface area contributed by atoms with Crippen molar-refractivity contribution in [3.8, 4) is 0 Å². The summed E-state index contributed by atoms with van der Waals surface area (Å²) < 4.78 is 0. The second-order valence-electron chi connectivity index (χ2n) is 6.34. The van der Waals surface area contributed by atoms with E-state index < -0.39 is 5.60 Å². The van der Waals surface area contributed by atoms with Crippen LogP contribution in [-0.2, 0) is 12.8 Å². The number of rotatable bonds is 3. The third-order valence-corrected chi connectivity index (χ3v) is 4.82. The number of piperidine rings is 1. The lowest BCUT2D eigenvalue weighted by atomic mass is 9.75. The molecule has 3 atom stereocenters. The van der Waals surface area contributed by atoms with Crippen molar-refractivity contribution >= 4 is 0 Å². The van der Waals surface area contributed by atoms with Gasteiger partial charge in [-0.1, -0.05) is 38.1 Å². The van der Waals surface area contributed by atoms with Crippen LogP contribution in [-0.4, -0.2) is 35.2 Å². The Morgan fingerprint density at radius 1 is 1.21 bits per heavy atom. The molecule has 19 heavy (non-hydrogen) atoms. The molecule has 0 aliphatic carbocycles. The molecule has 1 aliphatic heterocycles. The van der Waals surface area contributed by atoms with Gasteiger partial charge in [0.2, 0.25) is 0 Å². The third kappa shape index (κ3) is 3.18. The minimum Gasteiger partial charge on any atom is -0.389 e. The minimum atomic E-state index is -0.556. The highest BCUT2D eigenvalue weighted by molar-refractivity contribution is 5.24. The van der Waals surface area contributed by atoms with E-state index in [1.54, 1.807) is 0 Å². The van der Waals surface area contributed by atoms with Crippen molar-refractivity contribution in [1.82, 2.24) is 4.90 Å². The molecule has 1 N–H and O–H groups in total. The molecular weight excluding hydrogens is 234 g/mol. The lowest BCUT2D eigenvalue weighted by Gasteiger charge is -2.46. The molecule has 0 bridgehead atoms. The van der Waals surface area contributed by atoms with E-state index in [1.807, 2.05) is 0 Å². The molecule has 0 amide bonds. The summed E-state index contributed by atoms with van der Waals surface area (Å²) in [6, 6.07) is 9.17. The average Bonchev–Trinajstić information content (AvgIpc) is 2.37. The molecule has 0 spiro atoms. The molecule has 0 aromatic heterocycles. The summed E-state index contributed by atoms with van der Waals surface area (Å²) in [5.74, 6) is 0.319. The zero-order valence-corrected chi connectivity index (χ0v) is 12.7. The van der Waals surface area contributed by atoms with Gasteiger partial charge in [-0.15, -0.1) is 0 Å². The third-order valence-electron chi connectivity index (χ3n) is 4.82. The summed E-state index contributed by atoms with van der Waals surface area (Å²) in [7, 11) is 2.15. The van der Waals surface area contributed by atoms with Crippen LogP contribution in [0.1, 0.15) is 38.3 Å². The molecule has 1 aromatic rings. The van der Waals surface area contributed by atoms with Crippen molar-refractivity contribution in [3.63, 3.8) is 0 Å². The molecule has 1 aliphatic rings. The van der Waals surface area contributed by atoms with Crippen molar-refractivity contribution in [2.75, 3.05) is 13.6 Å². The SMILES string of the molecule is CCc1ccc(CC2(O)CC(C)N(C)CC2C)cc1. The maximum atomic E-state index is 11.0. The van der Waals surface area contributed by atoms with E-state index >= 15 is 0 Å². The second-order valence-corrected chi connectivity index (χ2v) is 6.34. The highest BCUT2D eigenvalue weighted by Gasteiger charge is 2.40. The number of nitrogens with zero attached hydrogens (tertiary/aromatic N) is 1. The van der Waals surface area contributed by atoms with Gasteiger partial charge in [0.15, 0.2) is 0 Å². The Bertz CT molecular complexity index is 414. The molecule has 1 aromatic carbocycles.